The van der Waals surface area contributed by atoms with Crippen molar-refractivity contribution in [1.82, 2.24) is 25.3 Å². The number of hydrogen-bond acceptors (Lipinski definition) is 9. The number of hydrogen-bond donors (Lipinski definition) is 2. The molecular weight excluding hydrogens is 472 g/mol. The van der Waals surface area contributed by atoms with Gasteiger partial charge in [0.15, 0.2) is 5.82 Å². The molecule has 1 fully saturated rings. The number of carbonyl (C=O) groups is 1. The van der Waals surface area contributed by atoms with Crippen LogP contribution in [0.15, 0.2) is 28.8 Å². The van der Waals surface area contributed by atoms with Crippen molar-refractivity contribution in [3.05, 3.63) is 41.3 Å². The number of nitrogens with one attached hydrogen (secondary N) is 1. The average Bonchev–Trinajstić information content (AvgIpc) is 3.18. The van der Waals surface area contributed by atoms with Crippen molar-refractivity contribution >= 4 is 11.7 Å². The Kier molecular flexibility index (Phi) is 8.09. The molecule has 3 heterocycles. The number of ether oxygens (including phenoxy) is 1. The first kappa shape index (κ1) is 26.6. The van der Waals surface area contributed by atoms with Crippen LogP contribution in [0.2, 0.25) is 0 Å². The van der Waals surface area contributed by atoms with Crippen molar-refractivity contribution in [2.75, 3.05) is 52.3 Å². The fourth-order valence-electron chi connectivity index (χ4n) is 4.52. The molecule has 4 rings (SSSR count). The number of aromatic nitrogens is 3. The van der Waals surface area contributed by atoms with E-state index in [1.807, 2.05) is 45.0 Å². The number of nitrogens with zero attached hydrogens (tertiary/aromatic N) is 5. The number of amides is 1. The van der Waals surface area contributed by atoms with Gasteiger partial charge in [0, 0.05) is 57.2 Å². The number of rotatable bonds is 10. The van der Waals surface area contributed by atoms with Crippen LogP contribution in [-0.2, 0) is 4.79 Å². The zero-order valence-corrected chi connectivity index (χ0v) is 22.4. The van der Waals surface area contributed by atoms with Gasteiger partial charge >= 0.3 is 0 Å². The minimum atomic E-state index is -0.610. The SMILES string of the molecule is CNCC(O)COc1cccc(-c2nc(-c3c(C)noc3C)c(C)c(N3CC(CC(=O)N(C)C)C3)n2)c1. The van der Waals surface area contributed by atoms with Gasteiger partial charge in [0.1, 0.15) is 30.0 Å². The van der Waals surface area contributed by atoms with Gasteiger partial charge in [-0.15, -0.1) is 0 Å². The number of aryl methyl sites for hydroxylation is 2. The lowest BCUT2D eigenvalue weighted by molar-refractivity contribution is -0.129. The van der Waals surface area contributed by atoms with E-state index in [2.05, 4.69) is 15.4 Å². The predicted molar refractivity (Wildman–Crippen MR) is 142 cm³/mol. The van der Waals surface area contributed by atoms with Crippen LogP contribution in [-0.4, -0.2) is 84.5 Å². The lowest BCUT2D eigenvalue weighted by Gasteiger charge is -2.41. The van der Waals surface area contributed by atoms with E-state index in [9.17, 15) is 9.90 Å². The zero-order valence-electron chi connectivity index (χ0n) is 22.4. The fourth-order valence-corrected chi connectivity index (χ4v) is 4.52. The first-order chi connectivity index (χ1) is 17.7. The molecule has 10 heteroatoms. The second-order valence-corrected chi connectivity index (χ2v) is 9.86. The van der Waals surface area contributed by atoms with Gasteiger partial charge in [-0.1, -0.05) is 17.3 Å². The van der Waals surface area contributed by atoms with Gasteiger partial charge in [0.2, 0.25) is 5.91 Å². The summed E-state index contributed by atoms with van der Waals surface area (Å²) in [5.74, 6) is 3.15. The largest absolute Gasteiger partial charge is 0.491 e. The zero-order chi connectivity index (χ0) is 26.7. The van der Waals surface area contributed by atoms with E-state index in [-0.39, 0.29) is 18.4 Å². The monoisotopic (exact) mass is 508 g/mol. The number of aliphatic hydroxyl groups is 1. The van der Waals surface area contributed by atoms with Gasteiger partial charge in [-0.3, -0.25) is 4.79 Å². The molecule has 2 N–H and O–H groups in total. The van der Waals surface area contributed by atoms with Crippen LogP contribution in [0.4, 0.5) is 5.82 Å². The summed E-state index contributed by atoms with van der Waals surface area (Å²) in [6.45, 7) is 7.94. The average molecular weight is 509 g/mol. The van der Waals surface area contributed by atoms with Crippen LogP contribution in [0, 0.1) is 26.7 Å². The molecule has 1 amide bonds. The van der Waals surface area contributed by atoms with Crippen LogP contribution >= 0.6 is 0 Å². The summed E-state index contributed by atoms with van der Waals surface area (Å²) < 4.78 is 11.3. The summed E-state index contributed by atoms with van der Waals surface area (Å²) in [7, 11) is 5.36. The molecule has 0 spiro atoms. The molecule has 10 nitrogen and oxygen atoms in total. The summed E-state index contributed by atoms with van der Waals surface area (Å²) in [5.41, 5.74) is 4.16. The molecule has 0 saturated carbocycles. The van der Waals surface area contributed by atoms with Crippen LogP contribution in [0.3, 0.4) is 0 Å². The van der Waals surface area contributed by atoms with Crippen molar-refractivity contribution < 1.29 is 19.2 Å². The molecule has 0 radical (unpaired) electrons. The smallest absolute Gasteiger partial charge is 0.222 e. The number of carbonyl (C=O) groups excluding carboxylic acids is 1. The summed E-state index contributed by atoms with van der Waals surface area (Å²) in [4.78, 5) is 25.9. The van der Waals surface area contributed by atoms with Gasteiger partial charge in [-0.2, -0.15) is 0 Å². The van der Waals surface area contributed by atoms with Crippen molar-refractivity contribution in [2.24, 2.45) is 5.92 Å². The Morgan fingerprint density at radius 2 is 2.03 bits per heavy atom. The van der Waals surface area contributed by atoms with E-state index in [0.29, 0.717) is 30.3 Å². The molecule has 1 atom stereocenters. The lowest BCUT2D eigenvalue weighted by atomic mass is 9.94. The van der Waals surface area contributed by atoms with Crippen molar-refractivity contribution in [3.8, 4) is 28.4 Å². The molecule has 1 aliphatic rings. The standard InChI is InChI=1S/C27H36N6O4/c1-16-25(24-17(2)31-37-18(24)3)29-26(20-8-7-9-22(11-20)36-15-21(34)12-28-4)30-27(16)33-13-19(14-33)10-23(35)32(5)6/h7-9,11,19,21,28,34H,10,12-15H2,1-6H3. The molecule has 1 saturated heterocycles. The third-order valence-corrected chi connectivity index (χ3v) is 6.58. The van der Waals surface area contributed by atoms with Gasteiger partial charge in [0.25, 0.3) is 0 Å². The van der Waals surface area contributed by atoms with E-state index >= 15 is 0 Å². The number of benzene rings is 1. The Labute approximate surface area is 217 Å². The quantitative estimate of drug-likeness (QED) is 0.426. The summed E-state index contributed by atoms with van der Waals surface area (Å²) >= 11 is 0. The summed E-state index contributed by atoms with van der Waals surface area (Å²) in [6.07, 6.45) is -0.0866. The van der Waals surface area contributed by atoms with Gasteiger partial charge in [-0.05, 0) is 40.0 Å². The Balaban J connectivity index is 1.67. The molecule has 1 aliphatic heterocycles. The van der Waals surface area contributed by atoms with E-state index in [0.717, 1.165) is 47.0 Å². The van der Waals surface area contributed by atoms with Crippen LogP contribution in [0.25, 0.3) is 22.6 Å². The maximum absolute atomic E-state index is 12.2. The van der Waals surface area contributed by atoms with E-state index < -0.39 is 6.10 Å². The first-order valence-corrected chi connectivity index (χ1v) is 12.5. The number of anilines is 1. The van der Waals surface area contributed by atoms with Crippen LogP contribution in [0.1, 0.15) is 23.4 Å². The summed E-state index contributed by atoms with van der Waals surface area (Å²) in [6, 6.07) is 7.56. The number of aliphatic hydroxyl groups excluding tert-OH is 1. The van der Waals surface area contributed by atoms with E-state index in [1.54, 1.807) is 26.0 Å². The third kappa shape index (κ3) is 5.91. The molecule has 1 aromatic carbocycles. The lowest BCUT2D eigenvalue weighted by Crippen LogP contribution is -2.49. The Morgan fingerprint density at radius 3 is 2.68 bits per heavy atom. The molecule has 3 aromatic rings. The highest BCUT2D eigenvalue weighted by Gasteiger charge is 2.33. The molecule has 198 valence electrons. The minimum Gasteiger partial charge on any atom is -0.491 e. The normalized spacial score (nSPS) is 14.4. The Bertz CT molecular complexity index is 1230. The Hall–Kier alpha value is -3.50. The Morgan fingerprint density at radius 1 is 1.27 bits per heavy atom. The van der Waals surface area contributed by atoms with Crippen LogP contribution < -0.4 is 15.0 Å². The number of likely N-dealkylation sites (N-methyl/N-ethyl adjacent to an activating group) is 1. The third-order valence-electron chi connectivity index (χ3n) is 6.58. The van der Waals surface area contributed by atoms with Crippen molar-refractivity contribution in [3.63, 3.8) is 0 Å². The highest BCUT2D eigenvalue weighted by atomic mass is 16.5. The molecule has 37 heavy (non-hydrogen) atoms. The van der Waals surface area contributed by atoms with E-state index in [4.69, 9.17) is 19.2 Å². The minimum absolute atomic E-state index is 0.137. The predicted octanol–water partition coefficient (Wildman–Crippen LogP) is 2.60. The van der Waals surface area contributed by atoms with Crippen molar-refractivity contribution in [2.45, 2.75) is 33.3 Å². The molecular formula is C27H36N6O4. The van der Waals surface area contributed by atoms with Crippen LogP contribution in [0.5, 0.6) is 5.75 Å². The first-order valence-electron chi connectivity index (χ1n) is 12.5. The maximum atomic E-state index is 12.2. The second-order valence-electron chi connectivity index (χ2n) is 9.86. The van der Waals surface area contributed by atoms with Gasteiger partial charge in [-0.25, -0.2) is 9.97 Å². The highest BCUT2D eigenvalue weighted by molar-refractivity contribution is 5.77. The molecule has 0 bridgehead atoms. The maximum Gasteiger partial charge on any atom is 0.222 e. The second kappa shape index (κ2) is 11.3. The molecule has 1 unspecified atom stereocenters. The van der Waals surface area contributed by atoms with Crippen molar-refractivity contribution in [1.29, 1.82) is 0 Å². The molecule has 0 aliphatic carbocycles. The molecule has 2 aromatic heterocycles. The highest BCUT2D eigenvalue weighted by Crippen LogP contribution is 2.37. The fraction of sp³-hybridized carbons (Fsp3) is 0.481. The summed E-state index contributed by atoms with van der Waals surface area (Å²) in [5, 5.41) is 17.1. The van der Waals surface area contributed by atoms with Gasteiger partial charge < -0.3 is 29.5 Å². The van der Waals surface area contributed by atoms with Gasteiger partial charge in [0.05, 0.1) is 17.0 Å². The topological polar surface area (TPSA) is 117 Å². The van der Waals surface area contributed by atoms with E-state index in [1.165, 1.54) is 0 Å².